The number of nitrogens with zero attached hydrogens (tertiary/aromatic N) is 3. The summed E-state index contributed by atoms with van der Waals surface area (Å²) in [5, 5.41) is 4.10. The average molecular weight is 233 g/mol. The number of ether oxygens (including phenoxy) is 1. The summed E-state index contributed by atoms with van der Waals surface area (Å²) in [6, 6.07) is 3.68. The van der Waals surface area contributed by atoms with Crippen molar-refractivity contribution in [3.05, 3.63) is 33.8 Å². The van der Waals surface area contributed by atoms with Crippen molar-refractivity contribution in [2.45, 2.75) is 19.4 Å². The van der Waals surface area contributed by atoms with Crippen LogP contribution in [0.5, 0.6) is 0 Å². The van der Waals surface area contributed by atoms with Crippen LogP contribution < -0.4 is 10.6 Å². The maximum atomic E-state index is 10.3. The summed E-state index contributed by atoms with van der Waals surface area (Å²) >= 11 is 0. The lowest BCUT2D eigenvalue weighted by molar-refractivity contribution is 0.246. The number of nitroso groups, excluding NO2 is 1. The molecule has 0 spiro atoms. The van der Waals surface area contributed by atoms with E-state index < -0.39 is 0 Å². The number of likely N-dealkylation sites (N-methyl/N-ethyl adjacent to an activating group) is 1. The normalized spacial score (nSPS) is 22.5. The van der Waals surface area contributed by atoms with Gasteiger partial charge in [0.15, 0.2) is 5.88 Å². The summed E-state index contributed by atoms with van der Waals surface area (Å²) in [5.41, 5.74) is -0.0585. The van der Waals surface area contributed by atoms with Crippen LogP contribution >= 0.6 is 0 Å². The van der Waals surface area contributed by atoms with Gasteiger partial charge in [-0.2, -0.15) is 0 Å². The van der Waals surface area contributed by atoms with Crippen LogP contribution in [0.15, 0.2) is 23.5 Å². The molecule has 0 atom stereocenters. The van der Waals surface area contributed by atoms with Gasteiger partial charge in [-0.3, -0.25) is 4.98 Å². The molecule has 1 fully saturated rings. The largest absolute Gasteiger partial charge is 0.476 e. The van der Waals surface area contributed by atoms with Crippen molar-refractivity contribution in [2.24, 2.45) is 5.18 Å². The SMILES string of the molecule is CN1/C(=c2\cccn\c2=C/N=O)OCC1(C)C. The number of pyridine rings is 1. The summed E-state index contributed by atoms with van der Waals surface area (Å²) in [5.74, 6) is 0.734. The summed E-state index contributed by atoms with van der Waals surface area (Å²) in [7, 11) is 1.97. The molecule has 0 N–H and O–H groups in total. The molecule has 90 valence electrons. The topological polar surface area (TPSA) is 54.8 Å². The number of rotatable bonds is 1. The predicted molar refractivity (Wildman–Crippen MR) is 64.9 cm³/mol. The Labute approximate surface area is 99.4 Å². The Hall–Kier alpha value is -1.91. The predicted octanol–water partition coefficient (Wildman–Crippen LogP) is 0.392. The molecule has 0 aromatic carbocycles. The van der Waals surface area contributed by atoms with Gasteiger partial charge in [0, 0.05) is 13.2 Å². The van der Waals surface area contributed by atoms with Crippen molar-refractivity contribution in [2.75, 3.05) is 13.7 Å². The zero-order valence-corrected chi connectivity index (χ0v) is 10.2. The molecular formula is C12H15N3O2. The van der Waals surface area contributed by atoms with Crippen molar-refractivity contribution in [1.29, 1.82) is 0 Å². The first-order valence-corrected chi connectivity index (χ1v) is 5.41. The molecule has 0 aliphatic carbocycles. The number of hydrogen-bond acceptors (Lipinski definition) is 5. The number of aromatic nitrogens is 1. The van der Waals surface area contributed by atoms with Crippen molar-refractivity contribution in [3.8, 4) is 0 Å². The maximum absolute atomic E-state index is 10.3. The number of hydrogen-bond donors (Lipinski definition) is 0. The Bertz CT molecular complexity index is 551. The standard InChI is InChI=1S/C12H15N3O2/c1-12(2)8-17-11(15(12)3)9-5-4-6-13-10(9)7-14-16/h4-7H,8H2,1-3H3/b10-7-,11-9-. The van der Waals surface area contributed by atoms with Crippen LogP contribution in [-0.2, 0) is 4.74 Å². The highest BCUT2D eigenvalue weighted by atomic mass is 16.5. The quantitative estimate of drug-likeness (QED) is 0.658. The summed E-state index contributed by atoms with van der Waals surface area (Å²) in [6.07, 6.45) is 2.83. The Morgan fingerprint density at radius 1 is 1.59 bits per heavy atom. The lowest BCUT2D eigenvalue weighted by Crippen LogP contribution is -2.39. The Balaban J connectivity index is 2.69. The van der Waals surface area contributed by atoms with E-state index in [1.807, 2.05) is 24.1 Å². The first-order chi connectivity index (χ1) is 8.06. The van der Waals surface area contributed by atoms with E-state index in [4.69, 9.17) is 4.74 Å². The van der Waals surface area contributed by atoms with Crippen LogP contribution in [0.2, 0.25) is 0 Å². The lowest BCUT2D eigenvalue weighted by atomic mass is 10.1. The average Bonchev–Trinajstić information content (AvgIpc) is 2.56. The molecule has 2 heterocycles. The highest BCUT2D eigenvalue weighted by Gasteiger charge is 2.34. The Morgan fingerprint density at radius 3 is 2.94 bits per heavy atom. The fourth-order valence-electron chi connectivity index (χ4n) is 1.72. The van der Waals surface area contributed by atoms with Gasteiger partial charge in [-0.05, 0) is 31.2 Å². The molecular weight excluding hydrogens is 218 g/mol. The van der Waals surface area contributed by atoms with E-state index in [1.165, 1.54) is 6.20 Å². The van der Waals surface area contributed by atoms with Gasteiger partial charge in [0.25, 0.3) is 0 Å². The third kappa shape index (κ3) is 2.00. The van der Waals surface area contributed by atoms with Crippen LogP contribution in [0, 0.1) is 4.91 Å². The molecule has 1 aliphatic rings. The maximum Gasteiger partial charge on any atom is 0.199 e. The molecule has 0 radical (unpaired) electrons. The Morgan fingerprint density at radius 2 is 2.35 bits per heavy atom. The molecule has 0 unspecified atom stereocenters. The smallest absolute Gasteiger partial charge is 0.199 e. The van der Waals surface area contributed by atoms with Crippen LogP contribution in [0.25, 0.3) is 12.1 Å². The molecule has 5 heteroatoms. The molecule has 0 saturated carbocycles. The summed E-state index contributed by atoms with van der Waals surface area (Å²) in [6.45, 7) is 4.80. The third-order valence-corrected chi connectivity index (χ3v) is 3.02. The molecule has 1 saturated heterocycles. The molecule has 2 rings (SSSR count). The Kier molecular flexibility index (Phi) is 2.83. The van der Waals surface area contributed by atoms with Gasteiger partial charge >= 0.3 is 0 Å². The van der Waals surface area contributed by atoms with E-state index in [1.54, 1.807) is 6.20 Å². The van der Waals surface area contributed by atoms with Gasteiger partial charge in [0.1, 0.15) is 6.61 Å². The molecule has 1 aromatic rings. The van der Waals surface area contributed by atoms with Gasteiger partial charge in [0.2, 0.25) is 0 Å². The molecule has 0 bridgehead atoms. The minimum atomic E-state index is -0.0585. The van der Waals surface area contributed by atoms with Crippen molar-refractivity contribution >= 4 is 12.1 Å². The second-order valence-electron chi connectivity index (χ2n) is 4.64. The van der Waals surface area contributed by atoms with Gasteiger partial charge in [0.05, 0.1) is 22.3 Å². The third-order valence-electron chi connectivity index (χ3n) is 3.02. The molecule has 1 aliphatic heterocycles. The minimum Gasteiger partial charge on any atom is -0.476 e. The van der Waals surface area contributed by atoms with Crippen molar-refractivity contribution in [3.63, 3.8) is 0 Å². The summed E-state index contributed by atoms with van der Waals surface area (Å²) in [4.78, 5) is 16.5. The molecule has 5 nitrogen and oxygen atoms in total. The molecule has 17 heavy (non-hydrogen) atoms. The first-order valence-electron chi connectivity index (χ1n) is 5.41. The zero-order chi connectivity index (χ0) is 12.5. The first kappa shape index (κ1) is 11.6. The van der Waals surface area contributed by atoms with E-state index in [2.05, 4.69) is 24.0 Å². The van der Waals surface area contributed by atoms with Crippen LogP contribution in [0.1, 0.15) is 13.8 Å². The second-order valence-corrected chi connectivity index (χ2v) is 4.64. The zero-order valence-electron chi connectivity index (χ0n) is 10.2. The van der Waals surface area contributed by atoms with Crippen LogP contribution in [0.3, 0.4) is 0 Å². The van der Waals surface area contributed by atoms with E-state index in [-0.39, 0.29) is 5.54 Å². The van der Waals surface area contributed by atoms with Crippen molar-refractivity contribution < 1.29 is 4.74 Å². The van der Waals surface area contributed by atoms with Gasteiger partial charge < -0.3 is 9.64 Å². The summed E-state index contributed by atoms with van der Waals surface area (Å²) < 4.78 is 5.69. The van der Waals surface area contributed by atoms with E-state index in [9.17, 15) is 4.91 Å². The van der Waals surface area contributed by atoms with E-state index in [0.29, 0.717) is 12.0 Å². The van der Waals surface area contributed by atoms with Crippen LogP contribution in [-0.4, -0.2) is 29.1 Å². The highest BCUT2D eigenvalue weighted by molar-refractivity contribution is 5.40. The second kappa shape index (κ2) is 4.16. The molecule has 0 amide bonds. The fraction of sp³-hybridized carbons (Fsp3) is 0.417. The monoisotopic (exact) mass is 233 g/mol. The van der Waals surface area contributed by atoms with E-state index >= 15 is 0 Å². The highest BCUT2D eigenvalue weighted by Crippen LogP contribution is 2.26. The lowest BCUT2D eigenvalue weighted by Gasteiger charge is -2.25. The van der Waals surface area contributed by atoms with E-state index in [0.717, 1.165) is 11.1 Å². The molecule has 1 aromatic heterocycles. The van der Waals surface area contributed by atoms with Crippen LogP contribution in [0.4, 0.5) is 0 Å². The van der Waals surface area contributed by atoms with Crippen molar-refractivity contribution in [1.82, 2.24) is 9.88 Å². The van der Waals surface area contributed by atoms with Gasteiger partial charge in [-0.15, -0.1) is 4.91 Å². The van der Waals surface area contributed by atoms with Gasteiger partial charge in [-0.1, -0.05) is 0 Å². The minimum absolute atomic E-state index is 0.0585. The van der Waals surface area contributed by atoms with Gasteiger partial charge in [-0.25, -0.2) is 0 Å². The fourth-order valence-corrected chi connectivity index (χ4v) is 1.72.